The third-order valence-electron chi connectivity index (χ3n) is 2.31. The molecule has 0 aliphatic carbocycles. The van der Waals surface area contributed by atoms with Crippen LogP contribution in [-0.2, 0) is 4.74 Å². The summed E-state index contributed by atoms with van der Waals surface area (Å²) in [6.07, 6.45) is 0.935. The van der Waals surface area contributed by atoms with Crippen LogP contribution in [-0.4, -0.2) is 24.7 Å². The number of nitro benzene ring substituents is 1. The van der Waals surface area contributed by atoms with Gasteiger partial charge < -0.3 is 10.1 Å². The maximum Gasteiger partial charge on any atom is 0.269 e. The Morgan fingerprint density at radius 1 is 1.44 bits per heavy atom. The number of nitro groups is 1. The van der Waals surface area contributed by atoms with E-state index in [0.29, 0.717) is 6.61 Å². The van der Waals surface area contributed by atoms with Gasteiger partial charge in [0.05, 0.1) is 11.5 Å². The van der Waals surface area contributed by atoms with Crippen LogP contribution in [0.3, 0.4) is 0 Å². The molecule has 88 valence electrons. The summed E-state index contributed by atoms with van der Waals surface area (Å²) in [6.45, 7) is 2.68. The highest BCUT2D eigenvalue weighted by molar-refractivity contribution is 5.49. The van der Waals surface area contributed by atoms with Crippen LogP contribution in [0.1, 0.15) is 13.3 Å². The highest BCUT2D eigenvalue weighted by atomic mass is 16.6. The smallest absolute Gasteiger partial charge is 0.269 e. The van der Waals surface area contributed by atoms with E-state index in [9.17, 15) is 10.1 Å². The summed E-state index contributed by atoms with van der Waals surface area (Å²) in [5.74, 6) is 0. The minimum absolute atomic E-state index is 0.102. The fourth-order valence-corrected chi connectivity index (χ4v) is 1.38. The van der Waals surface area contributed by atoms with Crippen molar-refractivity contribution < 1.29 is 9.66 Å². The number of rotatable bonds is 6. The predicted octanol–water partition coefficient (Wildman–Crippen LogP) is 2.43. The van der Waals surface area contributed by atoms with Crippen molar-refractivity contribution in [2.45, 2.75) is 19.4 Å². The third-order valence-corrected chi connectivity index (χ3v) is 2.31. The summed E-state index contributed by atoms with van der Waals surface area (Å²) in [5, 5.41) is 13.7. The zero-order valence-corrected chi connectivity index (χ0v) is 9.47. The zero-order chi connectivity index (χ0) is 12.0. The Morgan fingerprint density at radius 2 is 2.06 bits per heavy atom. The van der Waals surface area contributed by atoms with Gasteiger partial charge in [0.2, 0.25) is 0 Å². The Morgan fingerprint density at radius 3 is 2.50 bits per heavy atom. The number of ether oxygens (including phenoxy) is 1. The Kier molecular flexibility index (Phi) is 4.72. The van der Waals surface area contributed by atoms with E-state index in [1.807, 2.05) is 0 Å². The molecular formula is C11H16N2O3. The lowest BCUT2D eigenvalue weighted by Crippen LogP contribution is -2.23. The molecule has 1 unspecified atom stereocenters. The van der Waals surface area contributed by atoms with Gasteiger partial charge in [-0.25, -0.2) is 0 Å². The van der Waals surface area contributed by atoms with E-state index in [-0.39, 0.29) is 11.7 Å². The Bertz CT molecular complexity index is 338. The van der Waals surface area contributed by atoms with Crippen molar-refractivity contribution in [1.82, 2.24) is 0 Å². The van der Waals surface area contributed by atoms with Gasteiger partial charge >= 0.3 is 0 Å². The average Bonchev–Trinajstić information content (AvgIpc) is 2.29. The van der Waals surface area contributed by atoms with E-state index in [4.69, 9.17) is 4.74 Å². The van der Waals surface area contributed by atoms with Gasteiger partial charge in [0.25, 0.3) is 5.69 Å². The normalized spacial score (nSPS) is 12.1. The minimum atomic E-state index is -0.407. The molecule has 0 spiro atoms. The van der Waals surface area contributed by atoms with Gasteiger partial charge in [0, 0.05) is 31.0 Å². The third kappa shape index (κ3) is 3.51. The SMILES string of the molecule is CCC(COC)Nc1ccc([N+](=O)[O-])cc1. The van der Waals surface area contributed by atoms with Crippen LogP contribution in [0, 0.1) is 10.1 Å². The molecule has 0 saturated heterocycles. The van der Waals surface area contributed by atoms with Crippen LogP contribution in [0.15, 0.2) is 24.3 Å². The summed E-state index contributed by atoms with van der Waals surface area (Å²) >= 11 is 0. The zero-order valence-electron chi connectivity index (χ0n) is 9.47. The van der Waals surface area contributed by atoms with Gasteiger partial charge in [-0.15, -0.1) is 0 Å². The van der Waals surface area contributed by atoms with Crippen molar-refractivity contribution in [3.63, 3.8) is 0 Å². The van der Waals surface area contributed by atoms with Crippen molar-refractivity contribution in [3.8, 4) is 0 Å². The van der Waals surface area contributed by atoms with Crippen molar-refractivity contribution >= 4 is 11.4 Å². The molecular weight excluding hydrogens is 208 g/mol. The van der Waals surface area contributed by atoms with Gasteiger partial charge in [-0.05, 0) is 18.6 Å². The van der Waals surface area contributed by atoms with Crippen molar-refractivity contribution in [2.75, 3.05) is 19.0 Å². The van der Waals surface area contributed by atoms with Crippen molar-refractivity contribution in [3.05, 3.63) is 34.4 Å². The molecule has 0 amide bonds. The molecule has 0 heterocycles. The number of benzene rings is 1. The second kappa shape index (κ2) is 6.07. The first-order valence-electron chi connectivity index (χ1n) is 5.17. The number of anilines is 1. The Balaban J connectivity index is 2.63. The highest BCUT2D eigenvalue weighted by Crippen LogP contribution is 2.16. The lowest BCUT2D eigenvalue weighted by atomic mass is 10.2. The summed E-state index contributed by atoms with van der Waals surface area (Å²) in [7, 11) is 1.65. The van der Waals surface area contributed by atoms with Crippen LogP contribution in [0.4, 0.5) is 11.4 Å². The number of nitrogens with one attached hydrogen (secondary N) is 1. The molecule has 1 aromatic rings. The number of hydrogen-bond donors (Lipinski definition) is 1. The molecule has 1 atom stereocenters. The maximum absolute atomic E-state index is 10.5. The van der Waals surface area contributed by atoms with Crippen molar-refractivity contribution in [2.24, 2.45) is 0 Å². The largest absolute Gasteiger partial charge is 0.383 e. The second-order valence-corrected chi connectivity index (χ2v) is 3.51. The molecule has 0 fully saturated rings. The molecule has 0 aliphatic heterocycles. The van der Waals surface area contributed by atoms with Gasteiger partial charge in [0.15, 0.2) is 0 Å². The molecule has 0 aromatic heterocycles. The standard InChI is InChI=1S/C11H16N2O3/c1-3-9(8-16-2)12-10-4-6-11(7-5-10)13(14)15/h4-7,9,12H,3,8H2,1-2H3. The lowest BCUT2D eigenvalue weighted by molar-refractivity contribution is -0.384. The van der Waals surface area contributed by atoms with Crippen molar-refractivity contribution in [1.29, 1.82) is 0 Å². The Labute approximate surface area is 94.6 Å². The molecule has 5 heteroatoms. The van der Waals surface area contributed by atoms with E-state index >= 15 is 0 Å². The van der Waals surface area contributed by atoms with Gasteiger partial charge in [0.1, 0.15) is 0 Å². The molecule has 0 saturated carbocycles. The average molecular weight is 224 g/mol. The minimum Gasteiger partial charge on any atom is -0.383 e. The Hall–Kier alpha value is -1.62. The van der Waals surface area contributed by atoms with Gasteiger partial charge in [-0.1, -0.05) is 6.92 Å². The summed E-state index contributed by atoms with van der Waals surface area (Å²) in [6, 6.07) is 6.61. The van der Waals surface area contributed by atoms with Crippen LogP contribution < -0.4 is 5.32 Å². The summed E-state index contributed by atoms with van der Waals surface area (Å²) in [5.41, 5.74) is 0.972. The van der Waals surface area contributed by atoms with Crippen LogP contribution in [0.5, 0.6) is 0 Å². The van der Waals surface area contributed by atoms with Crippen LogP contribution in [0.2, 0.25) is 0 Å². The highest BCUT2D eigenvalue weighted by Gasteiger charge is 2.07. The monoisotopic (exact) mass is 224 g/mol. The molecule has 16 heavy (non-hydrogen) atoms. The van der Waals surface area contributed by atoms with E-state index < -0.39 is 4.92 Å². The molecule has 0 bridgehead atoms. The number of methoxy groups -OCH3 is 1. The lowest BCUT2D eigenvalue weighted by Gasteiger charge is -2.16. The number of nitrogens with zero attached hydrogens (tertiary/aromatic N) is 1. The molecule has 1 aromatic carbocycles. The number of non-ortho nitro benzene ring substituents is 1. The topological polar surface area (TPSA) is 64.4 Å². The summed E-state index contributed by atoms with van der Waals surface area (Å²) < 4.78 is 5.06. The second-order valence-electron chi connectivity index (χ2n) is 3.51. The van der Waals surface area contributed by atoms with Crippen LogP contribution >= 0.6 is 0 Å². The fraction of sp³-hybridized carbons (Fsp3) is 0.455. The van der Waals surface area contributed by atoms with E-state index in [2.05, 4.69) is 12.2 Å². The fourth-order valence-electron chi connectivity index (χ4n) is 1.38. The summed E-state index contributed by atoms with van der Waals surface area (Å²) in [4.78, 5) is 10.1. The van der Waals surface area contributed by atoms with E-state index in [1.54, 1.807) is 19.2 Å². The number of hydrogen-bond acceptors (Lipinski definition) is 4. The molecule has 0 aliphatic rings. The van der Waals surface area contributed by atoms with Crippen LogP contribution in [0.25, 0.3) is 0 Å². The first kappa shape index (κ1) is 12.4. The first-order valence-corrected chi connectivity index (χ1v) is 5.17. The molecule has 5 nitrogen and oxygen atoms in total. The van der Waals surface area contributed by atoms with Gasteiger partial charge in [-0.2, -0.15) is 0 Å². The molecule has 1 N–H and O–H groups in total. The molecule has 1 rings (SSSR count). The van der Waals surface area contributed by atoms with Gasteiger partial charge in [-0.3, -0.25) is 10.1 Å². The first-order chi connectivity index (χ1) is 7.67. The van der Waals surface area contributed by atoms with E-state index in [0.717, 1.165) is 12.1 Å². The maximum atomic E-state index is 10.5. The predicted molar refractivity (Wildman–Crippen MR) is 62.7 cm³/mol. The quantitative estimate of drug-likeness (QED) is 0.595. The molecule has 0 radical (unpaired) electrons. The van der Waals surface area contributed by atoms with E-state index in [1.165, 1.54) is 12.1 Å².